The molecule has 1 amide bonds. The van der Waals surface area contributed by atoms with Gasteiger partial charge in [-0.25, -0.2) is 0 Å². The van der Waals surface area contributed by atoms with E-state index in [-0.39, 0.29) is 5.91 Å². The van der Waals surface area contributed by atoms with Crippen LogP contribution in [0.3, 0.4) is 0 Å². The molecule has 6 rings (SSSR count). The zero-order valence-corrected chi connectivity index (χ0v) is 22.9. The quantitative estimate of drug-likeness (QED) is 0.151. The number of fused-ring (bicyclic) bond motifs is 2. The van der Waals surface area contributed by atoms with Gasteiger partial charge in [-0.05, 0) is 64.6 Å². The van der Waals surface area contributed by atoms with Crippen molar-refractivity contribution in [3.8, 4) is 11.5 Å². The van der Waals surface area contributed by atoms with Crippen LogP contribution in [0.4, 0.5) is 5.69 Å². The topological polar surface area (TPSA) is 38.8 Å². The van der Waals surface area contributed by atoms with Crippen LogP contribution in [0.15, 0.2) is 108 Å². The van der Waals surface area contributed by atoms with Crippen molar-refractivity contribution in [2.45, 2.75) is 13.5 Å². The first-order valence-corrected chi connectivity index (χ1v) is 14.0. The first-order valence-electron chi connectivity index (χ1n) is 12.7. The molecule has 1 aliphatic rings. The third-order valence-electron chi connectivity index (χ3n) is 6.57. The number of carbonyl (C=O) groups excluding carboxylic acids is 1. The number of hydrogen-bond acceptors (Lipinski definition) is 5. The summed E-state index contributed by atoms with van der Waals surface area (Å²) in [4.78, 5) is 15.7. The van der Waals surface area contributed by atoms with Crippen LogP contribution in [0.2, 0.25) is 0 Å². The van der Waals surface area contributed by atoms with Crippen molar-refractivity contribution in [3.05, 3.63) is 119 Å². The molecule has 0 bridgehead atoms. The average molecular weight is 548 g/mol. The molecule has 1 heterocycles. The fourth-order valence-corrected chi connectivity index (χ4v) is 6.01. The molecule has 0 aliphatic carbocycles. The summed E-state index contributed by atoms with van der Waals surface area (Å²) in [7, 11) is 0. The molecule has 5 aromatic rings. The summed E-state index contributed by atoms with van der Waals surface area (Å²) in [5.74, 6) is 1.16. The summed E-state index contributed by atoms with van der Waals surface area (Å²) in [6, 6.07) is 34.3. The minimum atomic E-state index is -0.129. The van der Waals surface area contributed by atoms with E-state index in [0.29, 0.717) is 33.9 Å². The minimum absolute atomic E-state index is 0.129. The number of carbonyl (C=O) groups is 1. The van der Waals surface area contributed by atoms with Gasteiger partial charge in [0, 0.05) is 5.39 Å². The number of thioether (sulfide) groups is 1. The minimum Gasteiger partial charge on any atom is -0.490 e. The highest BCUT2D eigenvalue weighted by Gasteiger charge is 2.34. The molecular weight excluding hydrogens is 523 g/mol. The summed E-state index contributed by atoms with van der Waals surface area (Å²) >= 11 is 6.95. The number of hydrogen-bond donors (Lipinski definition) is 0. The lowest BCUT2D eigenvalue weighted by molar-refractivity contribution is -0.113. The Morgan fingerprint density at radius 3 is 2.41 bits per heavy atom. The highest BCUT2D eigenvalue weighted by molar-refractivity contribution is 8.27. The Kier molecular flexibility index (Phi) is 7.05. The summed E-state index contributed by atoms with van der Waals surface area (Å²) < 4.78 is 12.6. The lowest BCUT2D eigenvalue weighted by Crippen LogP contribution is -2.27. The van der Waals surface area contributed by atoms with Gasteiger partial charge >= 0.3 is 0 Å². The van der Waals surface area contributed by atoms with E-state index in [9.17, 15) is 4.79 Å². The zero-order valence-electron chi connectivity index (χ0n) is 21.3. The standard InChI is InChI=1S/C33H25NO3S2/c1-2-36-30-19-22(15-17-29(30)37-21-23-14-16-24-8-3-4-10-26(24)18-23)20-31-32(35)34(33(38)39-31)28-13-7-11-25-9-5-6-12-27(25)28/h3-20H,2,21H2,1H3/b31-20-. The fourth-order valence-electron chi connectivity index (χ4n) is 4.72. The highest BCUT2D eigenvalue weighted by Crippen LogP contribution is 2.39. The van der Waals surface area contributed by atoms with Gasteiger partial charge in [0.05, 0.1) is 17.2 Å². The maximum Gasteiger partial charge on any atom is 0.270 e. The predicted octanol–water partition coefficient (Wildman–Crippen LogP) is 8.38. The van der Waals surface area contributed by atoms with Crippen LogP contribution in [-0.2, 0) is 11.4 Å². The van der Waals surface area contributed by atoms with Crippen molar-refractivity contribution >= 4 is 67.5 Å². The summed E-state index contributed by atoms with van der Waals surface area (Å²) in [6.07, 6.45) is 1.86. The Bertz CT molecular complexity index is 1760. The molecule has 39 heavy (non-hydrogen) atoms. The number of thiocarbonyl (C=S) groups is 1. The van der Waals surface area contributed by atoms with Crippen LogP contribution in [0.5, 0.6) is 11.5 Å². The van der Waals surface area contributed by atoms with Gasteiger partial charge in [0.2, 0.25) is 0 Å². The first-order chi connectivity index (χ1) is 19.1. The van der Waals surface area contributed by atoms with Gasteiger partial charge in [-0.15, -0.1) is 0 Å². The van der Waals surface area contributed by atoms with Crippen molar-refractivity contribution in [1.29, 1.82) is 0 Å². The predicted molar refractivity (Wildman–Crippen MR) is 165 cm³/mol. The second kappa shape index (κ2) is 10.9. The molecule has 4 nitrogen and oxygen atoms in total. The van der Waals surface area contributed by atoms with Gasteiger partial charge in [0.25, 0.3) is 5.91 Å². The Morgan fingerprint density at radius 1 is 0.795 bits per heavy atom. The lowest BCUT2D eigenvalue weighted by atomic mass is 10.1. The monoisotopic (exact) mass is 547 g/mol. The van der Waals surface area contributed by atoms with E-state index >= 15 is 0 Å². The van der Waals surface area contributed by atoms with Crippen LogP contribution < -0.4 is 14.4 Å². The van der Waals surface area contributed by atoms with Crippen molar-refractivity contribution < 1.29 is 14.3 Å². The number of anilines is 1. The zero-order chi connectivity index (χ0) is 26.8. The fraction of sp³-hybridized carbons (Fsp3) is 0.0909. The van der Waals surface area contributed by atoms with Crippen molar-refractivity contribution in [2.75, 3.05) is 11.5 Å². The summed E-state index contributed by atoms with van der Waals surface area (Å²) in [6.45, 7) is 2.86. The molecule has 6 heteroatoms. The van der Waals surface area contributed by atoms with E-state index in [1.165, 1.54) is 22.5 Å². The van der Waals surface area contributed by atoms with E-state index < -0.39 is 0 Å². The lowest BCUT2D eigenvalue weighted by Gasteiger charge is -2.17. The highest BCUT2D eigenvalue weighted by atomic mass is 32.2. The van der Waals surface area contributed by atoms with Crippen LogP contribution >= 0.6 is 24.0 Å². The average Bonchev–Trinajstić information content (AvgIpc) is 3.24. The van der Waals surface area contributed by atoms with Gasteiger partial charge in [0.15, 0.2) is 15.8 Å². The van der Waals surface area contributed by atoms with Crippen LogP contribution in [-0.4, -0.2) is 16.8 Å². The molecule has 0 atom stereocenters. The number of nitrogens with zero attached hydrogens (tertiary/aromatic N) is 1. The van der Waals surface area contributed by atoms with Gasteiger partial charge in [-0.2, -0.15) is 0 Å². The molecule has 1 saturated heterocycles. The van der Waals surface area contributed by atoms with E-state index in [4.69, 9.17) is 21.7 Å². The van der Waals surface area contributed by atoms with Gasteiger partial charge < -0.3 is 9.47 Å². The maximum atomic E-state index is 13.5. The largest absolute Gasteiger partial charge is 0.490 e. The second-order valence-electron chi connectivity index (χ2n) is 9.12. The molecular formula is C33H25NO3S2. The molecule has 192 valence electrons. The van der Waals surface area contributed by atoms with Crippen molar-refractivity contribution in [1.82, 2.24) is 0 Å². The summed E-state index contributed by atoms with van der Waals surface area (Å²) in [5, 5.41) is 4.43. The summed E-state index contributed by atoms with van der Waals surface area (Å²) in [5.41, 5.74) is 2.72. The smallest absolute Gasteiger partial charge is 0.270 e. The molecule has 0 N–H and O–H groups in total. The molecule has 0 radical (unpaired) electrons. The van der Waals surface area contributed by atoms with Crippen LogP contribution in [0, 0.1) is 0 Å². The van der Waals surface area contributed by atoms with Gasteiger partial charge in [-0.1, -0.05) is 103 Å². The first kappa shape index (κ1) is 25.2. The molecule has 1 aliphatic heterocycles. The van der Waals surface area contributed by atoms with E-state index in [2.05, 4.69) is 30.3 Å². The third-order valence-corrected chi connectivity index (χ3v) is 7.88. The number of rotatable bonds is 7. The van der Waals surface area contributed by atoms with Crippen molar-refractivity contribution in [2.24, 2.45) is 0 Å². The number of ether oxygens (including phenoxy) is 2. The Hall–Kier alpha value is -4.13. The number of benzene rings is 5. The Balaban J connectivity index is 1.24. The molecule has 5 aromatic carbocycles. The van der Waals surface area contributed by atoms with E-state index in [0.717, 1.165) is 27.6 Å². The molecule has 0 saturated carbocycles. The maximum absolute atomic E-state index is 13.5. The molecule has 0 spiro atoms. The Morgan fingerprint density at radius 2 is 1.56 bits per heavy atom. The van der Waals surface area contributed by atoms with E-state index in [1.54, 1.807) is 4.90 Å². The molecule has 0 unspecified atom stereocenters. The molecule has 0 aromatic heterocycles. The normalized spacial score (nSPS) is 14.5. The van der Waals surface area contributed by atoms with Crippen molar-refractivity contribution in [3.63, 3.8) is 0 Å². The van der Waals surface area contributed by atoms with E-state index in [1.807, 2.05) is 85.8 Å². The Labute approximate surface area is 236 Å². The van der Waals surface area contributed by atoms with Gasteiger partial charge in [0.1, 0.15) is 6.61 Å². The van der Waals surface area contributed by atoms with Crippen LogP contribution in [0.1, 0.15) is 18.1 Å². The number of amides is 1. The molecule has 1 fully saturated rings. The second-order valence-corrected chi connectivity index (χ2v) is 10.8. The van der Waals surface area contributed by atoms with Gasteiger partial charge in [-0.3, -0.25) is 9.69 Å². The third kappa shape index (κ3) is 5.13. The van der Waals surface area contributed by atoms with Crippen LogP contribution in [0.25, 0.3) is 27.6 Å². The SMILES string of the molecule is CCOc1cc(/C=C2\SC(=S)N(c3cccc4ccccc34)C2=O)ccc1OCc1ccc2ccccc2c1.